The summed E-state index contributed by atoms with van der Waals surface area (Å²) in [4.78, 5) is 30.3. The molecule has 0 bridgehead atoms. The van der Waals surface area contributed by atoms with E-state index >= 15 is 0 Å². The molecule has 0 unspecified atom stereocenters. The third-order valence-corrected chi connectivity index (χ3v) is 7.13. The Morgan fingerprint density at radius 3 is 2.41 bits per heavy atom. The summed E-state index contributed by atoms with van der Waals surface area (Å²) >= 11 is 6.02. The van der Waals surface area contributed by atoms with E-state index in [1.807, 2.05) is 54.4 Å². The fourth-order valence-corrected chi connectivity index (χ4v) is 4.90. The van der Waals surface area contributed by atoms with Gasteiger partial charge in [0.1, 0.15) is 5.75 Å². The van der Waals surface area contributed by atoms with Gasteiger partial charge in [-0.05, 0) is 55.5 Å². The van der Waals surface area contributed by atoms with E-state index in [2.05, 4.69) is 13.8 Å². The van der Waals surface area contributed by atoms with Crippen molar-refractivity contribution >= 4 is 23.4 Å². The van der Waals surface area contributed by atoms with Crippen LogP contribution in [0.25, 0.3) is 0 Å². The zero-order valence-electron chi connectivity index (χ0n) is 20.6. The predicted molar refractivity (Wildman–Crippen MR) is 137 cm³/mol. The van der Waals surface area contributed by atoms with Gasteiger partial charge in [-0.15, -0.1) is 0 Å². The minimum Gasteiger partial charge on any atom is -0.493 e. The van der Waals surface area contributed by atoms with Crippen molar-refractivity contribution in [2.75, 3.05) is 26.7 Å². The van der Waals surface area contributed by atoms with E-state index in [0.29, 0.717) is 31.1 Å². The number of piperidine rings is 1. The third kappa shape index (κ3) is 6.99. The first-order chi connectivity index (χ1) is 16.4. The number of benzene rings is 2. The number of hydrogen-bond donors (Lipinski definition) is 0. The van der Waals surface area contributed by atoms with Gasteiger partial charge in [0.2, 0.25) is 11.8 Å². The maximum Gasteiger partial charge on any atom is 0.225 e. The molecule has 1 saturated heterocycles. The SMILES string of the molecule is CCC(CC)C(=O)N1CCC[C@@](COc2ccc(Cl)cc2)(CC(=O)N(C)Cc2ccccc2)C1. The van der Waals surface area contributed by atoms with Crippen molar-refractivity contribution in [3.05, 3.63) is 65.2 Å². The number of nitrogens with zero attached hydrogens (tertiary/aromatic N) is 2. The van der Waals surface area contributed by atoms with Gasteiger partial charge in [-0.3, -0.25) is 9.59 Å². The molecule has 2 aromatic carbocycles. The molecule has 0 aliphatic carbocycles. The molecule has 1 fully saturated rings. The first-order valence-electron chi connectivity index (χ1n) is 12.3. The molecule has 5 nitrogen and oxygen atoms in total. The topological polar surface area (TPSA) is 49.9 Å². The highest BCUT2D eigenvalue weighted by atomic mass is 35.5. The Hall–Kier alpha value is -2.53. The van der Waals surface area contributed by atoms with Crippen molar-refractivity contribution in [3.63, 3.8) is 0 Å². The lowest BCUT2D eigenvalue weighted by molar-refractivity contribution is -0.144. The Balaban J connectivity index is 1.76. The monoisotopic (exact) mass is 484 g/mol. The Bertz CT molecular complexity index is 930. The standard InChI is InChI=1S/C28H37ClN2O3/c1-4-23(5-2)27(33)31-17-9-16-28(20-31,21-34-25-14-12-24(29)13-15-25)18-26(32)30(3)19-22-10-7-6-8-11-22/h6-8,10-15,23H,4-5,9,16-21H2,1-3H3/t28-/m1/s1. The molecule has 34 heavy (non-hydrogen) atoms. The molecule has 1 heterocycles. The molecule has 6 heteroatoms. The van der Waals surface area contributed by atoms with Crippen molar-refractivity contribution in [2.24, 2.45) is 11.3 Å². The zero-order valence-corrected chi connectivity index (χ0v) is 21.4. The minimum atomic E-state index is -0.429. The summed E-state index contributed by atoms with van der Waals surface area (Å²) in [6, 6.07) is 17.3. The minimum absolute atomic E-state index is 0.0319. The van der Waals surface area contributed by atoms with E-state index in [9.17, 15) is 9.59 Å². The smallest absolute Gasteiger partial charge is 0.225 e. The molecule has 2 aromatic rings. The van der Waals surface area contributed by atoms with Crippen LogP contribution >= 0.6 is 11.6 Å². The van der Waals surface area contributed by atoms with Crippen LogP contribution in [-0.4, -0.2) is 48.4 Å². The lowest BCUT2D eigenvalue weighted by Crippen LogP contribution is -2.52. The first kappa shape index (κ1) is 26.1. The number of amides is 2. The Kier molecular flexibility index (Phi) is 9.40. The van der Waals surface area contributed by atoms with Gasteiger partial charge in [0.15, 0.2) is 0 Å². The number of rotatable bonds is 10. The summed E-state index contributed by atoms with van der Waals surface area (Å²) in [7, 11) is 1.85. The van der Waals surface area contributed by atoms with Gasteiger partial charge in [0, 0.05) is 49.5 Å². The molecule has 0 N–H and O–H groups in total. The van der Waals surface area contributed by atoms with Crippen LogP contribution < -0.4 is 4.74 Å². The summed E-state index contributed by atoms with van der Waals surface area (Å²) in [5.74, 6) is 1.02. The quantitative estimate of drug-likeness (QED) is 0.427. The number of halogens is 1. The van der Waals surface area contributed by atoms with Crippen LogP contribution in [-0.2, 0) is 16.1 Å². The highest BCUT2D eigenvalue weighted by molar-refractivity contribution is 6.30. The van der Waals surface area contributed by atoms with Crippen LogP contribution in [0.1, 0.15) is 51.5 Å². The molecule has 0 spiro atoms. The molecule has 3 rings (SSSR count). The van der Waals surface area contributed by atoms with E-state index in [-0.39, 0.29) is 17.7 Å². The van der Waals surface area contributed by atoms with E-state index < -0.39 is 5.41 Å². The van der Waals surface area contributed by atoms with Crippen molar-refractivity contribution in [3.8, 4) is 5.75 Å². The number of carbonyl (C=O) groups is 2. The summed E-state index contributed by atoms with van der Waals surface area (Å²) in [5, 5.41) is 0.652. The molecular formula is C28H37ClN2O3. The zero-order chi connectivity index (χ0) is 24.6. The van der Waals surface area contributed by atoms with Crippen LogP contribution in [0, 0.1) is 11.3 Å². The summed E-state index contributed by atoms with van der Waals surface area (Å²) in [6.45, 7) is 6.35. The fourth-order valence-electron chi connectivity index (χ4n) is 4.77. The fraction of sp³-hybridized carbons (Fsp3) is 0.500. The number of ether oxygens (including phenoxy) is 1. The molecule has 1 aliphatic heterocycles. The van der Waals surface area contributed by atoms with Gasteiger partial charge < -0.3 is 14.5 Å². The van der Waals surface area contributed by atoms with Crippen molar-refractivity contribution in [1.82, 2.24) is 9.80 Å². The number of carbonyl (C=O) groups excluding carboxylic acids is 2. The van der Waals surface area contributed by atoms with Crippen molar-refractivity contribution < 1.29 is 14.3 Å². The normalized spacial score (nSPS) is 18.1. The van der Waals surface area contributed by atoms with Gasteiger partial charge in [-0.1, -0.05) is 55.8 Å². The number of likely N-dealkylation sites (tertiary alicyclic amines) is 1. The molecular weight excluding hydrogens is 448 g/mol. The largest absolute Gasteiger partial charge is 0.493 e. The van der Waals surface area contributed by atoms with E-state index in [1.165, 1.54) is 0 Å². The van der Waals surface area contributed by atoms with Gasteiger partial charge in [-0.2, -0.15) is 0 Å². The first-order valence-corrected chi connectivity index (χ1v) is 12.7. The Morgan fingerprint density at radius 2 is 1.76 bits per heavy atom. The van der Waals surface area contributed by atoms with E-state index in [1.54, 1.807) is 17.0 Å². The molecule has 1 atom stereocenters. The average Bonchev–Trinajstić information content (AvgIpc) is 2.85. The Labute approximate surface area is 209 Å². The van der Waals surface area contributed by atoms with Crippen LogP contribution in [0.5, 0.6) is 5.75 Å². The van der Waals surface area contributed by atoms with Gasteiger partial charge in [-0.25, -0.2) is 0 Å². The highest BCUT2D eigenvalue weighted by Crippen LogP contribution is 2.36. The average molecular weight is 485 g/mol. The molecule has 184 valence electrons. The van der Waals surface area contributed by atoms with Crippen LogP contribution in [0.2, 0.25) is 5.02 Å². The second kappa shape index (κ2) is 12.3. The van der Waals surface area contributed by atoms with E-state index in [0.717, 1.165) is 43.5 Å². The molecule has 0 aromatic heterocycles. The predicted octanol–water partition coefficient (Wildman–Crippen LogP) is 5.81. The van der Waals surface area contributed by atoms with Gasteiger partial charge in [0.25, 0.3) is 0 Å². The lowest BCUT2D eigenvalue weighted by Gasteiger charge is -2.43. The van der Waals surface area contributed by atoms with Gasteiger partial charge >= 0.3 is 0 Å². The van der Waals surface area contributed by atoms with Crippen molar-refractivity contribution in [2.45, 2.75) is 52.5 Å². The highest BCUT2D eigenvalue weighted by Gasteiger charge is 2.41. The lowest BCUT2D eigenvalue weighted by atomic mass is 9.76. The van der Waals surface area contributed by atoms with Crippen LogP contribution in [0.4, 0.5) is 0 Å². The number of hydrogen-bond acceptors (Lipinski definition) is 3. The maximum absolute atomic E-state index is 13.3. The summed E-state index contributed by atoms with van der Waals surface area (Å²) in [6.07, 6.45) is 3.72. The van der Waals surface area contributed by atoms with Crippen molar-refractivity contribution in [1.29, 1.82) is 0 Å². The molecule has 0 radical (unpaired) electrons. The third-order valence-electron chi connectivity index (χ3n) is 6.88. The van der Waals surface area contributed by atoms with Gasteiger partial charge in [0.05, 0.1) is 6.61 Å². The van der Waals surface area contributed by atoms with E-state index in [4.69, 9.17) is 16.3 Å². The molecule has 1 aliphatic rings. The Morgan fingerprint density at radius 1 is 1.09 bits per heavy atom. The van der Waals surface area contributed by atoms with Crippen LogP contribution in [0.15, 0.2) is 54.6 Å². The summed E-state index contributed by atoms with van der Waals surface area (Å²) in [5.41, 5.74) is 0.667. The summed E-state index contributed by atoms with van der Waals surface area (Å²) < 4.78 is 6.18. The second-order valence-corrected chi connectivity index (χ2v) is 9.97. The molecule has 0 saturated carbocycles. The molecule has 2 amide bonds. The van der Waals surface area contributed by atoms with Crippen LogP contribution in [0.3, 0.4) is 0 Å². The second-order valence-electron chi connectivity index (χ2n) is 9.53. The maximum atomic E-state index is 13.3.